The molecule has 0 aliphatic carbocycles. The maximum atomic E-state index is 11.4. The van der Waals surface area contributed by atoms with Crippen LogP contribution in [0.5, 0.6) is 0 Å². The molecular formula is C14H21NO13S. The van der Waals surface area contributed by atoms with Crippen molar-refractivity contribution in [1.29, 1.82) is 0 Å². The Labute approximate surface area is 164 Å². The van der Waals surface area contributed by atoms with Gasteiger partial charge in [-0.1, -0.05) is 0 Å². The highest BCUT2D eigenvalue weighted by molar-refractivity contribution is 7.80. The van der Waals surface area contributed by atoms with E-state index in [1.165, 1.54) is 6.92 Å². The summed E-state index contributed by atoms with van der Waals surface area (Å²) in [6.45, 7) is 0.640. The van der Waals surface area contributed by atoms with Crippen molar-refractivity contribution in [2.75, 3.05) is 6.61 Å². The molecule has 0 aromatic rings. The second-order valence-electron chi connectivity index (χ2n) is 6.88. The number of aliphatic carboxylic acids is 1. The van der Waals surface area contributed by atoms with Crippen LogP contribution in [0.3, 0.4) is 0 Å². The van der Waals surface area contributed by atoms with Crippen LogP contribution in [0.1, 0.15) is 6.92 Å². The third-order valence-corrected chi connectivity index (χ3v) is 5.50. The summed E-state index contributed by atoms with van der Waals surface area (Å²) in [5.41, 5.74) is 0. The SMILES string of the molecule is CC1=N[C@@H]2C([C@@H]3O[C@H](C(=O)O)[C@@H](O)[C@H](O)[C@H]3O)[C@@H](OS(=O)(=O)O)[C@@H](CO)O[C@@H]2O1. The highest BCUT2D eigenvalue weighted by atomic mass is 32.3. The van der Waals surface area contributed by atoms with Gasteiger partial charge in [-0.3, -0.25) is 4.55 Å². The molecule has 0 amide bonds. The topological polar surface area (TPSA) is 222 Å². The van der Waals surface area contributed by atoms with Crippen LogP contribution in [0, 0.1) is 5.92 Å². The van der Waals surface area contributed by atoms with Crippen LogP contribution in [0.15, 0.2) is 4.99 Å². The molecule has 3 aliphatic heterocycles. The first-order valence-corrected chi connectivity index (χ1v) is 9.86. The van der Waals surface area contributed by atoms with E-state index >= 15 is 0 Å². The lowest BCUT2D eigenvalue weighted by atomic mass is 9.78. The molecule has 6 N–H and O–H groups in total. The summed E-state index contributed by atoms with van der Waals surface area (Å²) < 4.78 is 52.5. The van der Waals surface area contributed by atoms with Crippen molar-refractivity contribution < 1.29 is 61.7 Å². The summed E-state index contributed by atoms with van der Waals surface area (Å²) >= 11 is 0. The van der Waals surface area contributed by atoms with Crippen LogP contribution >= 0.6 is 0 Å². The van der Waals surface area contributed by atoms with E-state index in [1.807, 2.05) is 0 Å². The number of aliphatic imine (C=N–C) groups is 1. The highest BCUT2D eigenvalue weighted by Gasteiger charge is 2.59. The predicted octanol–water partition coefficient (Wildman–Crippen LogP) is -3.74. The normalized spacial score (nSPS) is 45.2. The molecule has 0 radical (unpaired) electrons. The number of fused-ring (bicyclic) bond motifs is 1. The fourth-order valence-corrected chi connectivity index (χ4v) is 4.36. The molecule has 3 heterocycles. The molecule has 29 heavy (non-hydrogen) atoms. The van der Waals surface area contributed by atoms with Gasteiger partial charge in [0.05, 0.1) is 12.7 Å². The fraction of sp³-hybridized carbons (Fsp3) is 0.857. The van der Waals surface area contributed by atoms with Gasteiger partial charge in [-0.05, 0) is 0 Å². The number of hydrogen-bond donors (Lipinski definition) is 6. The van der Waals surface area contributed by atoms with E-state index in [0.717, 1.165) is 0 Å². The summed E-state index contributed by atoms with van der Waals surface area (Å²) in [6.07, 6.45) is -13.7. The second-order valence-corrected chi connectivity index (χ2v) is 7.93. The average molecular weight is 443 g/mol. The van der Waals surface area contributed by atoms with Gasteiger partial charge < -0.3 is 39.7 Å². The number of aliphatic hydroxyl groups excluding tert-OH is 4. The number of aliphatic hydroxyl groups is 4. The molecule has 0 aromatic carbocycles. The van der Waals surface area contributed by atoms with E-state index in [2.05, 4.69) is 9.18 Å². The van der Waals surface area contributed by atoms with Crippen LogP contribution < -0.4 is 0 Å². The first-order valence-electron chi connectivity index (χ1n) is 8.50. The van der Waals surface area contributed by atoms with Gasteiger partial charge >= 0.3 is 16.4 Å². The van der Waals surface area contributed by atoms with Gasteiger partial charge in [0.25, 0.3) is 0 Å². The molecule has 1 unspecified atom stereocenters. The van der Waals surface area contributed by atoms with E-state index in [9.17, 15) is 38.7 Å². The first kappa shape index (κ1) is 22.3. The minimum Gasteiger partial charge on any atom is -0.479 e. The summed E-state index contributed by atoms with van der Waals surface area (Å²) in [4.78, 5) is 15.5. The number of carbonyl (C=O) groups is 1. The zero-order valence-corrected chi connectivity index (χ0v) is 15.7. The third-order valence-electron chi connectivity index (χ3n) is 5.03. The molecule has 15 heteroatoms. The molecule has 0 bridgehead atoms. The minimum atomic E-state index is -5.10. The monoisotopic (exact) mass is 443 g/mol. The smallest absolute Gasteiger partial charge is 0.397 e. The predicted molar refractivity (Wildman–Crippen MR) is 88.0 cm³/mol. The number of hydrogen-bond acceptors (Lipinski definition) is 12. The number of ether oxygens (including phenoxy) is 3. The Hall–Kier alpha value is -1.43. The Balaban J connectivity index is 2.04. The van der Waals surface area contributed by atoms with E-state index in [1.54, 1.807) is 0 Å². The molecule has 3 rings (SSSR count). The number of nitrogens with zero attached hydrogens (tertiary/aromatic N) is 1. The number of rotatable bonds is 5. The van der Waals surface area contributed by atoms with Gasteiger partial charge in [-0.2, -0.15) is 8.42 Å². The standard InChI is InChI=1S/C14H21NO13S/c1-3-15-6-5(11-8(18)7(17)9(19)12(27-11)13(20)21)10(28-29(22,23)24)4(2-16)26-14(6)25-3/h4-12,14,16-19H,2H2,1H3,(H,20,21)(H,22,23,24)/t4-,5?,6-,7-,8-,9+,10+,11+,12+,14+/m1/s1. The Morgan fingerprint density at radius 1 is 1.17 bits per heavy atom. The molecule has 2 saturated heterocycles. The van der Waals surface area contributed by atoms with E-state index in [4.69, 9.17) is 18.8 Å². The van der Waals surface area contributed by atoms with Gasteiger partial charge in [0.2, 0.25) is 6.29 Å². The van der Waals surface area contributed by atoms with Crippen LogP contribution in [0.4, 0.5) is 0 Å². The van der Waals surface area contributed by atoms with Crippen molar-refractivity contribution >= 4 is 22.3 Å². The van der Waals surface area contributed by atoms with Gasteiger partial charge in [-0.25, -0.2) is 14.0 Å². The number of carboxylic acids is 1. The van der Waals surface area contributed by atoms with E-state index < -0.39 is 84.0 Å². The average Bonchev–Trinajstić information content (AvgIpc) is 2.98. The van der Waals surface area contributed by atoms with Crippen molar-refractivity contribution in [3.63, 3.8) is 0 Å². The Morgan fingerprint density at radius 2 is 1.83 bits per heavy atom. The largest absolute Gasteiger partial charge is 0.479 e. The highest BCUT2D eigenvalue weighted by Crippen LogP contribution is 2.41. The Bertz CT molecular complexity index is 771. The quantitative estimate of drug-likeness (QED) is 0.225. The second kappa shape index (κ2) is 8.01. The number of carboxylic acid groups (broad SMARTS) is 1. The molecule has 3 aliphatic rings. The fourth-order valence-electron chi connectivity index (χ4n) is 3.83. The van der Waals surface area contributed by atoms with Crippen molar-refractivity contribution in [3.05, 3.63) is 0 Å². The van der Waals surface area contributed by atoms with Crippen LogP contribution in [0.25, 0.3) is 0 Å². The summed E-state index contributed by atoms with van der Waals surface area (Å²) in [5.74, 6) is -2.91. The summed E-state index contributed by atoms with van der Waals surface area (Å²) in [5, 5.41) is 49.3. The maximum Gasteiger partial charge on any atom is 0.397 e. The first-order chi connectivity index (χ1) is 13.4. The molecule has 0 aromatic heterocycles. The maximum absolute atomic E-state index is 11.4. The molecule has 2 fully saturated rings. The molecule has 10 atom stereocenters. The van der Waals surface area contributed by atoms with E-state index in [-0.39, 0.29) is 5.90 Å². The van der Waals surface area contributed by atoms with Crippen molar-refractivity contribution in [1.82, 2.24) is 0 Å². The molecular weight excluding hydrogens is 422 g/mol. The lowest BCUT2D eigenvalue weighted by molar-refractivity contribution is -0.276. The minimum absolute atomic E-state index is 0.106. The third kappa shape index (κ3) is 4.23. The van der Waals surface area contributed by atoms with Crippen LogP contribution in [0.2, 0.25) is 0 Å². The summed E-state index contributed by atoms with van der Waals surface area (Å²) in [7, 11) is -5.10. The molecule has 0 spiro atoms. The molecule has 0 saturated carbocycles. The van der Waals surface area contributed by atoms with Crippen molar-refractivity contribution in [2.24, 2.45) is 10.9 Å². The molecule has 14 nitrogen and oxygen atoms in total. The van der Waals surface area contributed by atoms with Gasteiger partial charge in [-0.15, -0.1) is 0 Å². The van der Waals surface area contributed by atoms with Crippen LogP contribution in [-0.2, 0) is 33.6 Å². The Morgan fingerprint density at radius 3 is 2.38 bits per heavy atom. The molecule has 166 valence electrons. The summed E-state index contributed by atoms with van der Waals surface area (Å²) in [6, 6.07) is -1.11. The van der Waals surface area contributed by atoms with E-state index in [0.29, 0.717) is 0 Å². The zero-order chi connectivity index (χ0) is 21.7. The lowest BCUT2D eigenvalue weighted by Gasteiger charge is -2.48. The van der Waals surface area contributed by atoms with Gasteiger partial charge in [0, 0.05) is 12.8 Å². The van der Waals surface area contributed by atoms with Crippen LogP contribution in [-0.4, -0.2) is 112 Å². The van der Waals surface area contributed by atoms with Gasteiger partial charge in [0.1, 0.15) is 36.6 Å². The Kier molecular flexibility index (Phi) is 6.15. The van der Waals surface area contributed by atoms with Crippen molar-refractivity contribution in [3.8, 4) is 0 Å². The van der Waals surface area contributed by atoms with Crippen molar-refractivity contribution in [2.45, 2.75) is 62.0 Å². The lowest BCUT2D eigenvalue weighted by Crippen LogP contribution is -2.67. The van der Waals surface area contributed by atoms with Gasteiger partial charge in [0.15, 0.2) is 12.0 Å². The zero-order valence-electron chi connectivity index (χ0n) is 14.9.